The number of carbonyl (C=O) groups excluding carboxylic acids is 1. The fourth-order valence-electron chi connectivity index (χ4n) is 0.670. The monoisotopic (exact) mass is 233 g/mol. The van der Waals surface area contributed by atoms with Gasteiger partial charge in [-0.25, -0.2) is 0 Å². The highest BCUT2D eigenvalue weighted by atomic mass is 32.2. The van der Waals surface area contributed by atoms with Crippen LogP contribution in [0.2, 0.25) is 0 Å². The Morgan fingerprint density at radius 2 is 1.93 bits per heavy atom. The van der Waals surface area contributed by atoms with Crippen LogP contribution in [0.4, 0.5) is 0 Å². The molecule has 2 radical (unpaired) electrons. The van der Waals surface area contributed by atoms with Gasteiger partial charge >= 0.3 is 0 Å². The van der Waals surface area contributed by atoms with Gasteiger partial charge in [-0.1, -0.05) is 13.8 Å². The minimum absolute atomic E-state index is 0. The predicted molar refractivity (Wildman–Crippen MR) is 54.6 cm³/mol. The third-order valence-electron chi connectivity index (χ3n) is 1.40. The molecule has 0 atom stereocenters. The molecule has 0 unspecified atom stereocenters. The van der Waals surface area contributed by atoms with Gasteiger partial charge in [-0.15, -0.1) is 0 Å². The molecule has 1 amide bonds. The first-order valence-corrected chi connectivity index (χ1v) is 5.66. The Morgan fingerprint density at radius 3 is 2.29 bits per heavy atom. The van der Waals surface area contributed by atoms with E-state index in [0.717, 1.165) is 0 Å². The molecule has 2 N–H and O–H groups in total. The van der Waals surface area contributed by atoms with Crippen molar-refractivity contribution in [1.29, 1.82) is 0 Å². The summed E-state index contributed by atoms with van der Waals surface area (Å²) in [6.45, 7) is 3.77. The first-order valence-electron chi connectivity index (χ1n) is 4.06. The van der Waals surface area contributed by atoms with E-state index >= 15 is 0 Å². The van der Waals surface area contributed by atoms with Gasteiger partial charge in [-0.3, -0.25) is 9.35 Å². The van der Waals surface area contributed by atoms with Gasteiger partial charge in [0.1, 0.15) is 0 Å². The Bertz CT molecular complexity index is 263. The molecule has 0 aliphatic rings. The number of rotatable bonds is 5. The van der Waals surface area contributed by atoms with Gasteiger partial charge in [0.2, 0.25) is 5.91 Å². The molecule has 0 aliphatic heterocycles. The van der Waals surface area contributed by atoms with Crippen molar-refractivity contribution in [3.05, 3.63) is 0 Å². The average molecular weight is 234 g/mol. The van der Waals surface area contributed by atoms with Crippen LogP contribution in [0.25, 0.3) is 0 Å². The SMILES string of the molecule is CC(C)C(=O)NCCCS(=O)(=O)O.[Mg]. The van der Waals surface area contributed by atoms with Gasteiger partial charge in [0.05, 0.1) is 5.75 Å². The maximum atomic E-state index is 10.9. The summed E-state index contributed by atoms with van der Waals surface area (Å²) < 4.78 is 28.9. The summed E-state index contributed by atoms with van der Waals surface area (Å²) in [6, 6.07) is 0. The van der Waals surface area contributed by atoms with Crippen LogP contribution >= 0.6 is 0 Å². The van der Waals surface area contributed by atoms with Crippen molar-refractivity contribution in [3.63, 3.8) is 0 Å². The number of amides is 1. The van der Waals surface area contributed by atoms with Crippen molar-refractivity contribution in [2.75, 3.05) is 12.3 Å². The van der Waals surface area contributed by atoms with Crippen LogP contribution in [0.5, 0.6) is 0 Å². The van der Waals surface area contributed by atoms with E-state index in [1.807, 2.05) is 0 Å². The van der Waals surface area contributed by atoms with Crippen LogP contribution in [-0.2, 0) is 14.9 Å². The van der Waals surface area contributed by atoms with E-state index in [1.54, 1.807) is 13.8 Å². The second-order valence-electron chi connectivity index (χ2n) is 3.09. The molecule has 0 fully saturated rings. The molecule has 0 spiro atoms. The molecule has 0 aromatic carbocycles. The minimum Gasteiger partial charge on any atom is -0.356 e. The maximum absolute atomic E-state index is 10.9. The molecule has 0 aromatic heterocycles. The van der Waals surface area contributed by atoms with Crippen molar-refractivity contribution in [2.24, 2.45) is 5.92 Å². The fraction of sp³-hybridized carbons (Fsp3) is 0.857. The lowest BCUT2D eigenvalue weighted by Crippen LogP contribution is -2.29. The highest BCUT2D eigenvalue weighted by Crippen LogP contribution is 1.91. The number of hydrogen-bond acceptors (Lipinski definition) is 3. The molecule has 5 nitrogen and oxygen atoms in total. The lowest BCUT2D eigenvalue weighted by molar-refractivity contribution is -0.123. The summed E-state index contributed by atoms with van der Waals surface area (Å²) in [7, 11) is -3.89. The van der Waals surface area contributed by atoms with Gasteiger partial charge < -0.3 is 5.32 Å². The summed E-state index contributed by atoms with van der Waals surface area (Å²) in [5.41, 5.74) is 0. The molecule has 0 heterocycles. The topological polar surface area (TPSA) is 83.5 Å². The molecule has 7 heteroatoms. The Kier molecular flexibility index (Phi) is 8.81. The lowest BCUT2D eigenvalue weighted by Gasteiger charge is -2.06. The third-order valence-corrected chi connectivity index (χ3v) is 2.21. The van der Waals surface area contributed by atoms with Crippen molar-refractivity contribution < 1.29 is 17.8 Å². The fourth-order valence-corrected chi connectivity index (χ4v) is 1.18. The van der Waals surface area contributed by atoms with Crippen LogP contribution < -0.4 is 5.32 Å². The van der Waals surface area contributed by atoms with Gasteiger partial charge in [0.15, 0.2) is 0 Å². The van der Waals surface area contributed by atoms with Crippen molar-refractivity contribution in [1.82, 2.24) is 5.32 Å². The predicted octanol–water partition coefficient (Wildman–Crippen LogP) is -0.344. The molecule has 0 aromatic rings. The quantitative estimate of drug-likeness (QED) is 0.386. The van der Waals surface area contributed by atoms with Crippen molar-refractivity contribution in [2.45, 2.75) is 20.3 Å². The van der Waals surface area contributed by atoms with Crippen LogP contribution in [0.1, 0.15) is 20.3 Å². The van der Waals surface area contributed by atoms with Crippen molar-refractivity contribution in [3.8, 4) is 0 Å². The molecule has 80 valence electrons. The zero-order valence-electron chi connectivity index (χ0n) is 8.49. The van der Waals surface area contributed by atoms with E-state index in [2.05, 4.69) is 5.32 Å². The Labute approximate surface area is 101 Å². The van der Waals surface area contributed by atoms with E-state index in [4.69, 9.17) is 4.55 Å². The Morgan fingerprint density at radius 1 is 1.43 bits per heavy atom. The van der Waals surface area contributed by atoms with Gasteiger partial charge in [0, 0.05) is 35.5 Å². The van der Waals surface area contributed by atoms with E-state index in [9.17, 15) is 13.2 Å². The summed E-state index contributed by atoms with van der Waals surface area (Å²) >= 11 is 0. The number of carbonyl (C=O) groups is 1. The smallest absolute Gasteiger partial charge is 0.264 e. The average Bonchev–Trinajstić information content (AvgIpc) is 1.95. The summed E-state index contributed by atoms with van der Waals surface area (Å²) in [4.78, 5) is 10.9. The first kappa shape index (κ1) is 16.6. The summed E-state index contributed by atoms with van der Waals surface area (Å²) in [6.07, 6.45) is 0.233. The molecule has 0 rings (SSSR count). The molecule has 0 bridgehead atoms. The van der Waals surface area contributed by atoms with Crippen LogP contribution in [0.3, 0.4) is 0 Å². The maximum Gasteiger partial charge on any atom is 0.264 e. The van der Waals surface area contributed by atoms with E-state index < -0.39 is 10.1 Å². The third kappa shape index (κ3) is 10.2. The second-order valence-corrected chi connectivity index (χ2v) is 4.66. The highest BCUT2D eigenvalue weighted by Gasteiger charge is 2.07. The van der Waals surface area contributed by atoms with Gasteiger partial charge in [0.25, 0.3) is 10.1 Å². The second kappa shape index (κ2) is 7.44. The minimum atomic E-state index is -3.89. The van der Waals surface area contributed by atoms with Gasteiger partial charge in [-0.05, 0) is 6.42 Å². The van der Waals surface area contributed by atoms with Gasteiger partial charge in [-0.2, -0.15) is 8.42 Å². The Hall–Kier alpha value is 0.146. The normalized spacial score (nSPS) is 10.9. The molecule has 0 saturated carbocycles. The standard InChI is InChI=1S/C7H15NO4S.Mg/c1-6(2)7(9)8-4-3-5-13(10,11)12;/h6H,3-5H2,1-2H3,(H,8,9)(H,10,11,12);. The van der Waals surface area contributed by atoms with Crippen molar-refractivity contribution >= 4 is 39.1 Å². The van der Waals surface area contributed by atoms with Crippen LogP contribution in [-0.4, -0.2) is 54.2 Å². The number of nitrogens with one attached hydrogen (secondary N) is 1. The molecule has 14 heavy (non-hydrogen) atoms. The van der Waals surface area contributed by atoms with Crippen LogP contribution in [0, 0.1) is 5.92 Å². The molecular formula is C7H15MgNO4S. The highest BCUT2D eigenvalue weighted by molar-refractivity contribution is 7.85. The molecular weight excluding hydrogens is 218 g/mol. The lowest BCUT2D eigenvalue weighted by atomic mass is 10.2. The number of hydrogen-bond donors (Lipinski definition) is 2. The van der Waals surface area contributed by atoms with E-state index in [-0.39, 0.29) is 53.6 Å². The zero-order valence-corrected chi connectivity index (χ0v) is 10.7. The largest absolute Gasteiger partial charge is 0.356 e. The Balaban J connectivity index is 0. The zero-order chi connectivity index (χ0) is 10.5. The first-order chi connectivity index (χ1) is 5.83. The van der Waals surface area contributed by atoms with E-state index in [0.29, 0.717) is 0 Å². The summed E-state index contributed by atoms with van der Waals surface area (Å²) in [5.74, 6) is -0.535. The molecule has 0 aliphatic carbocycles. The van der Waals surface area contributed by atoms with Crippen LogP contribution in [0.15, 0.2) is 0 Å². The summed E-state index contributed by atoms with van der Waals surface area (Å²) in [5, 5.41) is 2.54. The van der Waals surface area contributed by atoms with E-state index in [1.165, 1.54) is 0 Å². The molecule has 0 saturated heterocycles.